The molecule has 1 aliphatic carbocycles. The molecule has 4 nitrogen and oxygen atoms in total. The highest BCUT2D eigenvalue weighted by atomic mass is 16.5. The third kappa shape index (κ3) is 4.96. The lowest BCUT2D eigenvalue weighted by atomic mass is 10.1. The summed E-state index contributed by atoms with van der Waals surface area (Å²) in [5, 5.41) is 3.36. The molecule has 0 radical (unpaired) electrons. The largest absolute Gasteiger partial charge is 0.365 e. The zero-order valence-electron chi connectivity index (χ0n) is 13.8. The zero-order chi connectivity index (χ0) is 15.1. The number of nitrogens with zero attached hydrogens (tertiary/aromatic N) is 1. The first kappa shape index (κ1) is 16.8. The van der Waals surface area contributed by atoms with Gasteiger partial charge in [-0.15, -0.1) is 0 Å². The lowest BCUT2D eigenvalue weighted by molar-refractivity contribution is -0.148. The summed E-state index contributed by atoms with van der Waals surface area (Å²) in [5.74, 6) is 0.190. The molecule has 2 fully saturated rings. The van der Waals surface area contributed by atoms with Crippen LogP contribution in [0, 0.1) is 0 Å². The van der Waals surface area contributed by atoms with E-state index in [2.05, 4.69) is 17.1 Å². The zero-order valence-corrected chi connectivity index (χ0v) is 13.8. The molecule has 2 unspecified atom stereocenters. The molecule has 0 aromatic rings. The summed E-state index contributed by atoms with van der Waals surface area (Å²) in [7, 11) is 0. The minimum atomic E-state index is -0.291. The Kier molecular flexibility index (Phi) is 6.97. The molecule has 122 valence electrons. The molecule has 0 aromatic heterocycles. The van der Waals surface area contributed by atoms with Gasteiger partial charge in [0.15, 0.2) is 0 Å². The Bertz CT molecular complexity index is 308. The minimum Gasteiger partial charge on any atom is -0.365 e. The number of hydrogen-bond donors (Lipinski definition) is 1. The number of hydrogen-bond acceptors (Lipinski definition) is 3. The molecule has 0 spiro atoms. The number of carbonyl (C=O) groups is 1. The van der Waals surface area contributed by atoms with Gasteiger partial charge in [0.25, 0.3) is 5.91 Å². The van der Waals surface area contributed by atoms with E-state index in [1.807, 2.05) is 6.92 Å². The molecule has 0 bridgehead atoms. The predicted octanol–water partition coefficient (Wildman–Crippen LogP) is 2.71. The fraction of sp³-hybridized carbons (Fsp3) is 0.941. The first-order valence-electron chi connectivity index (χ1n) is 8.89. The van der Waals surface area contributed by atoms with E-state index in [9.17, 15) is 4.79 Å². The summed E-state index contributed by atoms with van der Waals surface area (Å²) >= 11 is 0. The Morgan fingerprint density at radius 2 is 1.95 bits per heavy atom. The van der Waals surface area contributed by atoms with Crippen molar-refractivity contribution in [2.24, 2.45) is 0 Å². The van der Waals surface area contributed by atoms with Gasteiger partial charge >= 0.3 is 0 Å². The molecule has 21 heavy (non-hydrogen) atoms. The maximum Gasteiger partial charge on any atom is 0.251 e. The summed E-state index contributed by atoms with van der Waals surface area (Å²) in [5.41, 5.74) is 0. The molecule has 1 N–H and O–H groups in total. The fourth-order valence-electron chi connectivity index (χ4n) is 3.58. The Labute approximate surface area is 129 Å². The normalized spacial score (nSPS) is 25.5. The van der Waals surface area contributed by atoms with Crippen LogP contribution in [-0.2, 0) is 9.53 Å². The van der Waals surface area contributed by atoms with Crippen LogP contribution < -0.4 is 5.32 Å². The van der Waals surface area contributed by atoms with Gasteiger partial charge in [0.1, 0.15) is 6.10 Å². The number of amides is 1. The van der Waals surface area contributed by atoms with Gasteiger partial charge in [0.05, 0.1) is 6.10 Å². The highest BCUT2D eigenvalue weighted by Crippen LogP contribution is 2.22. The standard InChI is InChI=1S/C17H32N2O2/c1-3-12-19(15-10-11-18-13-15)17(20)14(2)21-16-8-6-4-5-7-9-16/h14-16,18H,3-13H2,1-2H3. The maximum atomic E-state index is 12.8. The van der Waals surface area contributed by atoms with Crippen LogP contribution in [0.25, 0.3) is 0 Å². The molecule has 0 aromatic carbocycles. The lowest BCUT2D eigenvalue weighted by Crippen LogP contribution is -2.47. The van der Waals surface area contributed by atoms with Crippen molar-refractivity contribution in [3.8, 4) is 0 Å². The Hall–Kier alpha value is -0.610. The first-order valence-corrected chi connectivity index (χ1v) is 8.89. The third-order valence-electron chi connectivity index (χ3n) is 4.77. The summed E-state index contributed by atoms with van der Waals surface area (Å²) < 4.78 is 6.11. The fourth-order valence-corrected chi connectivity index (χ4v) is 3.58. The smallest absolute Gasteiger partial charge is 0.251 e. The van der Waals surface area contributed by atoms with Crippen LogP contribution >= 0.6 is 0 Å². The molecule has 2 atom stereocenters. The van der Waals surface area contributed by atoms with Crippen molar-refractivity contribution in [2.75, 3.05) is 19.6 Å². The van der Waals surface area contributed by atoms with Crippen LogP contribution in [0.1, 0.15) is 65.2 Å². The van der Waals surface area contributed by atoms with Gasteiger partial charge < -0.3 is 15.0 Å². The van der Waals surface area contributed by atoms with E-state index in [1.54, 1.807) is 0 Å². The summed E-state index contributed by atoms with van der Waals surface area (Å²) in [6.45, 7) is 6.89. The van der Waals surface area contributed by atoms with E-state index in [4.69, 9.17) is 4.74 Å². The Morgan fingerprint density at radius 3 is 2.52 bits per heavy atom. The van der Waals surface area contributed by atoms with Gasteiger partial charge in [-0.1, -0.05) is 32.6 Å². The molecule has 4 heteroatoms. The molecule has 1 saturated carbocycles. The van der Waals surface area contributed by atoms with Crippen molar-refractivity contribution in [3.63, 3.8) is 0 Å². The molecule has 2 aliphatic rings. The average Bonchev–Trinajstić information content (AvgIpc) is 2.89. The molecular formula is C17H32N2O2. The van der Waals surface area contributed by atoms with Crippen molar-refractivity contribution in [1.82, 2.24) is 10.2 Å². The summed E-state index contributed by atoms with van der Waals surface area (Å²) in [6, 6.07) is 0.359. The van der Waals surface area contributed by atoms with E-state index < -0.39 is 0 Å². The highest BCUT2D eigenvalue weighted by Gasteiger charge is 2.30. The maximum absolute atomic E-state index is 12.8. The van der Waals surface area contributed by atoms with Crippen LogP contribution in [0.2, 0.25) is 0 Å². The SMILES string of the molecule is CCCN(C(=O)C(C)OC1CCCCCC1)C1CCNC1. The lowest BCUT2D eigenvalue weighted by Gasteiger charge is -2.32. The Balaban J connectivity index is 1.88. The number of nitrogens with one attached hydrogen (secondary N) is 1. The van der Waals surface area contributed by atoms with Gasteiger partial charge in [0.2, 0.25) is 0 Å². The van der Waals surface area contributed by atoms with Gasteiger partial charge in [0, 0.05) is 19.1 Å². The third-order valence-corrected chi connectivity index (χ3v) is 4.77. The minimum absolute atomic E-state index is 0.190. The van der Waals surface area contributed by atoms with Crippen molar-refractivity contribution < 1.29 is 9.53 Å². The molecule has 1 amide bonds. The summed E-state index contributed by atoms with van der Waals surface area (Å²) in [4.78, 5) is 14.8. The topological polar surface area (TPSA) is 41.6 Å². The van der Waals surface area contributed by atoms with E-state index in [1.165, 1.54) is 25.7 Å². The average molecular weight is 296 g/mol. The van der Waals surface area contributed by atoms with Gasteiger partial charge in [-0.05, 0) is 39.2 Å². The second-order valence-electron chi connectivity index (χ2n) is 6.57. The molecule has 2 rings (SSSR count). The van der Waals surface area contributed by atoms with Crippen LogP contribution in [0.3, 0.4) is 0 Å². The molecule has 1 saturated heterocycles. The quantitative estimate of drug-likeness (QED) is 0.766. The first-order chi connectivity index (χ1) is 10.2. The van der Waals surface area contributed by atoms with E-state index in [0.717, 1.165) is 45.3 Å². The van der Waals surface area contributed by atoms with Crippen LogP contribution in [-0.4, -0.2) is 48.7 Å². The monoisotopic (exact) mass is 296 g/mol. The molecule has 1 heterocycles. The number of rotatable bonds is 6. The van der Waals surface area contributed by atoms with Crippen molar-refractivity contribution in [1.29, 1.82) is 0 Å². The van der Waals surface area contributed by atoms with Crippen LogP contribution in [0.5, 0.6) is 0 Å². The second-order valence-corrected chi connectivity index (χ2v) is 6.57. The van der Waals surface area contributed by atoms with E-state index >= 15 is 0 Å². The highest BCUT2D eigenvalue weighted by molar-refractivity contribution is 5.81. The van der Waals surface area contributed by atoms with E-state index in [-0.39, 0.29) is 18.1 Å². The van der Waals surface area contributed by atoms with Gasteiger partial charge in [-0.2, -0.15) is 0 Å². The number of ether oxygens (including phenoxy) is 1. The number of carbonyl (C=O) groups excluding carboxylic acids is 1. The predicted molar refractivity (Wildman–Crippen MR) is 85.3 cm³/mol. The molecule has 1 aliphatic heterocycles. The van der Waals surface area contributed by atoms with Crippen molar-refractivity contribution in [2.45, 2.75) is 83.5 Å². The van der Waals surface area contributed by atoms with Gasteiger partial charge in [-0.25, -0.2) is 0 Å². The van der Waals surface area contributed by atoms with Crippen LogP contribution in [0.4, 0.5) is 0 Å². The van der Waals surface area contributed by atoms with Crippen molar-refractivity contribution >= 4 is 5.91 Å². The molecular weight excluding hydrogens is 264 g/mol. The van der Waals surface area contributed by atoms with Crippen LogP contribution in [0.15, 0.2) is 0 Å². The summed E-state index contributed by atoms with van der Waals surface area (Å²) in [6.07, 6.45) is 9.45. The van der Waals surface area contributed by atoms with Gasteiger partial charge in [-0.3, -0.25) is 4.79 Å². The van der Waals surface area contributed by atoms with Crippen molar-refractivity contribution in [3.05, 3.63) is 0 Å². The van der Waals surface area contributed by atoms with E-state index in [0.29, 0.717) is 6.04 Å². The Morgan fingerprint density at radius 1 is 1.24 bits per heavy atom. The second kappa shape index (κ2) is 8.74.